The maximum atomic E-state index is 12.2. The number of anilines is 1. The fourth-order valence-corrected chi connectivity index (χ4v) is 3.25. The number of hydrogen-bond acceptors (Lipinski definition) is 5. The average Bonchev–Trinajstić information content (AvgIpc) is 2.24. The monoisotopic (exact) mass is 301 g/mol. The van der Waals surface area contributed by atoms with Crippen molar-refractivity contribution in [2.45, 2.75) is 24.3 Å². The minimum Gasteiger partial charge on any atom is -0.398 e. The summed E-state index contributed by atoms with van der Waals surface area (Å²) in [5.74, 6) is 0. The van der Waals surface area contributed by atoms with Gasteiger partial charge in [0.05, 0.1) is 11.3 Å². The van der Waals surface area contributed by atoms with Crippen LogP contribution in [0.5, 0.6) is 0 Å². The van der Waals surface area contributed by atoms with Crippen LogP contribution in [0.25, 0.3) is 0 Å². The first-order valence-electron chi connectivity index (χ1n) is 6.26. The average molecular weight is 301 g/mol. The molecule has 0 saturated heterocycles. The van der Waals surface area contributed by atoms with E-state index in [0.29, 0.717) is 6.54 Å². The third-order valence-electron chi connectivity index (χ3n) is 2.75. The topological polar surface area (TPSA) is 95.7 Å². The molecule has 0 radical (unpaired) electrons. The Hall–Kier alpha value is -1.15. The van der Waals surface area contributed by atoms with Crippen molar-refractivity contribution in [1.29, 1.82) is 0 Å². The second-order valence-corrected chi connectivity index (χ2v) is 7.34. The summed E-state index contributed by atoms with van der Waals surface area (Å²) >= 11 is 0. The van der Waals surface area contributed by atoms with Crippen molar-refractivity contribution in [3.8, 4) is 0 Å². The number of nitrogens with two attached hydrogens (primary N) is 1. The van der Waals surface area contributed by atoms with Gasteiger partial charge < -0.3 is 15.7 Å². The Morgan fingerprint density at radius 3 is 2.50 bits per heavy atom. The van der Waals surface area contributed by atoms with Crippen LogP contribution in [0.1, 0.15) is 12.5 Å². The molecule has 0 aliphatic heterocycles. The largest absolute Gasteiger partial charge is 0.398 e. The van der Waals surface area contributed by atoms with Gasteiger partial charge in [-0.2, -0.15) is 0 Å². The number of sulfonamides is 1. The van der Waals surface area contributed by atoms with Crippen LogP contribution in [0.3, 0.4) is 0 Å². The van der Waals surface area contributed by atoms with Gasteiger partial charge in [0, 0.05) is 13.1 Å². The van der Waals surface area contributed by atoms with Gasteiger partial charge in [-0.05, 0) is 45.6 Å². The molecule has 0 aliphatic carbocycles. The molecule has 1 aromatic carbocycles. The fourth-order valence-electron chi connectivity index (χ4n) is 1.98. The summed E-state index contributed by atoms with van der Waals surface area (Å²) < 4.78 is 26.8. The van der Waals surface area contributed by atoms with E-state index < -0.39 is 15.6 Å². The summed E-state index contributed by atoms with van der Waals surface area (Å²) in [4.78, 5) is 1.82. The van der Waals surface area contributed by atoms with Gasteiger partial charge in [0.25, 0.3) is 0 Å². The van der Waals surface area contributed by atoms with Crippen molar-refractivity contribution < 1.29 is 13.5 Å². The number of aliphatic hydroxyl groups is 1. The minimum absolute atomic E-state index is 0.0313. The van der Waals surface area contributed by atoms with Gasteiger partial charge in [0.1, 0.15) is 4.90 Å². The summed E-state index contributed by atoms with van der Waals surface area (Å²) in [5.41, 5.74) is 5.67. The van der Waals surface area contributed by atoms with Gasteiger partial charge in [0.15, 0.2) is 0 Å². The molecule has 0 fully saturated rings. The Morgan fingerprint density at radius 1 is 1.40 bits per heavy atom. The molecule has 1 rings (SSSR count). The molecule has 0 amide bonds. The van der Waals surface area contributed by atoms with E-state index in [0.717, 1.165) is 5.56 Å². The van der Waals surface area contributed by atoms with Crippen LogP contribution in [0.15, 0.2) is 23.1 Å². The standard InChI is InChI=1S/C13H23N3O3S/c1-10-5-6-12(11(14)7-10)20(18,19)15-8-13(2,17)9-16(3)4/h5-7,15,17H,8-9,14H2,1-4H3. The Kier molecular flexibility index (Phi) is 5.15. The Balaban J connectivity index is 2.85. The lowest BCUT2D eigenvalue weighted by molar-refractivity contribution is 0.0386. The maximum absolute atomic E-state index is 12.2. The van der Waals surface area contributed by atoms with Crippen LogP contribution in [0.2, 0.25) is 0 Å². The SMILES string of the molecule is Cc1ccc(S(=O)(=O)NCC(C)(O)CN(C)C)c(N)c1. The lowest BCUT2D eigenvalue weighted by Gasteiger charge is -2.27. The van der Waals surface area contributed by atoms with Gasteiger partial charge >= 0.3 is 0 Å². The molecule has 4 N–H and O–H groups in total. The Labute approximate surface area is 120 Å². The van der Waals surface area contributed by atoms with Gasteiger partial charge in [-0.25, -0.2) is 13.1 Å². The number of nitrogens with one attached hydrogen (secondary N) is 1. The number of rotatable bonds is 6. The van der Waals surface area contributed by atoms with E-state index in [1.54, 1.807) is 38.1 Å². The smallest absolute Gasteiger partial charge is 0.242 e. The van der Waals surface area contributed by atoms with Gasteiger partial charge in [-0.1, -0.05) is 6.07 Å². The van der Waals surface area contributed by atoms with Gasteiger partial charge in [-0.3, -0.25) is 0 Å². The highest BCUT2D eigenvalue weighted by Crippen LogP contribution is 2.19. The van der Waals surface area contributed by atoms with E-state index in [1.165, 1.54) is 6.07 Å². The van der Waals surface area contributed by atoms with Crippen LogP contribution >= 0.6 is 0 Å². The first kappa shape index (κ1) is 16.9. The van der Waals surface area contributed by atoms with E-state index in [2.05, 4.69) is 4.72 Å². The van der Waals surface area contributed by atoms with Crippen LogP contribution in [0.4, 0.5) is 5.69 Å². The van der Waals surface area contributed by atoms with Crippen molar-refractivity contribution in [2.24, 2.45) is 0 Å². The van der Waals surface area contributed by atoms with Crippen LogP contribution < -0.4 is 10.5 Å². The molecule has 1 unspecified atom stereocenters. The highest BCUT2D eigenvalue weighted by Gasteiger charge is 2.25. The van der Waals surface area contributed by atoms with Gasteiger partial charge in [0.2, 0.25) is 10.0 Å². The molecule has 0 aromatic heterocycles. The maximum Gasteiger partial charge on any atom is 0.242 e. The van der Waals surface area contributed by atoms with E-state index in [1.807, 2.05) is 6.92 Å². The van der Waals surface area contributed by atoms with E-state index in [-0.39, 0.29) is 17.1 Å². The number of aryl methyl sites for hydroxylation is 1. The number of nitrogen functional groups attached to an aromatic ring is 1. The zero-order valence-corrected chi connectivity index (χ0v) is 13.2. The molecule has 0 heterocycles. The second kappa shape index (κ2) is 6.09. The molecule has 0 bridgehead atoms. The minimum atomic E-state index is -3.73. The zero-order chi connectivity index (χ0) is 15.6. The predicted molar refractivity (Wildman–Crippen MR) is 80.0 cm³/mol. The second-order valence-electron chi connectivity index (χ2n) is 5.60. The van der Waals surface area contributed by atoms with Gasteiger partial charge in [-0.15, -0.1) is 0 Å². The van der Waals surface area contributed by atoms with Crippen molar-refractivity contribution in [3.05, 3.63) is 23.8 Å². The number of hydrogen-bond donors (Lipinski definition) is 3. The number of nitrogens with zero attached hydrogens (tertiary/aromatic N) is 1. The molecule has 0 saturated carbocycles. The summed E-state index contributed by atoms with van der Waals surface area (Å²) in [6, 6.07) is 4.75. The lowest BCUT2D eigenvalue weighted by atomic mass is 10.1. The van der Waals surface area contributed by atoms with Crippen LogP contribution in [-0.2, 0) is 10.0 Å². The molecule has 7 heteroatoms. The third-order valence-corrected chi connectivity index (χ3v) is 4.23. The summed E-state index contributed by atoms with van der Waals surface area (Å²) in [6.45, 7) is 3.68. The van der Waals surface area contributed by atoms with E-state index in [4.69, 9.17) is 5.73 Å². The normalized spacial score (nSPS) is 15.3. The lowest BCUT2D eigenvalue weighted by Crippen LogP contribution is -2.47. The van der Waals surface area contributed by atoms with E-state index in [9.17, 15) is 13.5 Å². The number of benzene rings is 1. The molecule has 6 nitrogen and oxygen atoms in total. The molecule has 20 heavy (non-hydrogen) atoms. The molecule has 0 spiro atoms. The molecular formula is C13H23N3O3S. The third kappa shape index (κ3) is 4.75. The zero-order valence-electron chi connectivity index (χ0n) is 12.3. The highest BCUT2D eigenvalue weighted by atomic mass is 32.2. The number of likely N-dealkylation sites (N-methyl/N-ethyl adjacent to an activating group) is 1. The quantitative estimate of drug-likeness (QED) is 0.651. The van der Waals surface area contributed by atoms with Crippen molar-refractivity contribution >= 4 is 15.7 Å². The summed E-state index contributed by atoms with van der Waals surface area (Å²) in [5, 5.41) is 10.1. The molecule has 114 valence electrons. The molecule has 0 aliphatic rings. The van der Waals surface area contributed by atoms with E-state index >= 15 is 0 Å². The van der Waals surface area contributed by atoms with Crippen LogP contribution in [-0.4, -0.2) is 51.2 Å². The highest BCUT2D eigenvalue weighted by molar-refractivity contribution is 7.89. The summed E-state index contributed by atoms with van der Waals surface area (Å²) in [7, 11) is -0.117. The van der Waals surface area contributed by atoms with Crippen LogP contribution in [0, 0.1) is 6.92 Å². The molecule has 1 atom stereocenters. The predicted octanol–water partition coefficient (Wildman–Crippen LogP) is 0.168. The Morgan fingerprint density at radius 2 is 2.00 bits per heavy atom. The Bertz CT molecular complexity index is 568. The van der Waals surface area contributed by atoms with Crippen molar-refractivity contribution in [3.63, 3.8) is 0 Å². The van der Waals surface area contributed by atoms with Crippen molar-refractivity contribution in [2.75, 3.05) is 32.9 Å². The first-order valence-corrected chi connectivity index (χ1v) is 7.75. The molecule has 1 aromatic rings. The summed E-state index contributed by atoms with van der Waals surface area (Å²) in [6.07, 6.45) is 0. The fraction of sp³-hybridized carbons (Fsp3) is 0.538. The van der Waals surface area contributed by atoms with Crippen molar-refractivity contribution in [1.82, 2.24) is 9.62 Å². The molecular weight excluding hydrogens is 278 g/mol. The first-order chi connectivity index (χ1) is 9.03.